The van der Waals surface area contributed by atoms with E-state index in [-0.39, 0.29) is 5.56 Å². The van der Waals surface area contributed by atoms with E-state index in [4.69, 9.17) is 0 Å². The van der Waals surface area contributed by atoms with Gasteiger partial charge < -0.3 is 5.32 Å². The molecule has 0 radical (unpaired) electrons. The van der Waals surface area contributed by atoms with E-state index in [9.17, 15) is 9.18 Å². The number of carbonyl (C=O) groups excluding carboxylic acids is 1. The van der Waals surface area contributed by atoms with Crippen LogP contribution in [0.2, 0.25) is 0 Å². The lowest BCUT2D eigenvalue weighted by Gasteiger charge is -2.07. The Morgan fingerprint density at radius 3 is 2.68 bits per heavy atom. The molecule has 1 heterocycles. The molecule has 0 atom stereocenters. The van der Waals surface area contributed by atoms with Crippen molar-refractivity contribution in [2.45, 2.75) is 6.42 Å². The molecule has 1 amide bonds. The monoisotopic (exact) mass is 405 g/mol. The molecule has 2 nitrogen and oxygen atoms in total. The van der Waals surface area contributed by atoms with Gasteiger partial charge >= 0.3 is 0 Å². The molecule has 0 unspecified atom stereocenters. The number of hydrogen-bond acceptors (Lipinski definition) is 2. The first kappa shape index (κ1) is 14.7. The predicted molar refractivity (Wildman–Crippen MR) is 82.2 cm³/mol. The van der Waals surface area contributed by atoms with Crippen molar-refractivity contribution in [2.75, 3.05) is 6.54 Å². The summed E-state index contributed by atoms with van der Waals surface area (Å²) in [6.45, 7) is 0.479. The van der Waals surface area contributed by atoms with Gasteiger partial charge in [0.15, 0.2) is 0 Å². The smallest absolute Gasteiger partial charge is 0.255 e. The van der Waals surface area contributed by atoms with Crippen LogP contribution in [0.1, 0.15) is 15.2 Å². The fourth-order valence-electron chi connectivity index (χ4n) is 1.59. The third kappa shape index (κ3) is 3.87. The predicted octanol–water partition coefficient (Wildman–Crippen LogP) is 4.38. The number of benzene rings is 1. The molecule has 6 heteroatoms. The number of amides is 1. The van der Waals surface area contributed by atoms with Gasteiger partial charge in [0.05, 0.1) is 9.35 Å². The van der Waals surface area contributed by atoms with Crippen LogP contribution in [0.25, 0.3) is 0 Å². The molecular weight excluding hydrogens is 397 g/mol. The molecule has 0 saturated heterocycles. The van der Waals surface area contributed by atoms with Gasteiger partial charge in [-0.05, 0) is 62.5 Å². The minimum absolute atomic E-state index is 0.0508. The highest BCUT2D eigenvalue weighted by atomic mass is 79.9. The van der Waals surface area contributed by atoms with Gasteiger partial charge in [-0.1, -0.05) is 6.07 Å². The zero-order valence-electron chi connectivity index (χ0n) is 9.75. The molecule has 1 aromatic heterocycles. The van der Waals surface area contributed by atoms with Gasteiger partial charge in [-0.25, -0.2) is 4.39 Å². The van der Waals surface area contributed by atoms with Gasteiger partial charge in [0.25, 0.3) is 5.91 Å². The molecule has 0 aliphatic rings. The molecule has 0 aliphatic heterocycles. The van der Waals surface area contributed by atoms with E-state index in [1.807, 2.05) is 12.1 Å². The summed E-state index contributed by atoms with van der Waals surface area (Å²) in [6.07, 6.45) is 0.730. The maximum Gasteiger partial charge on any atom is 0.255 e. The van der Waals surface area contributed by atoms with Gasteiger partial charge in [-0.15, -0.1) is 11.3 Å². The lowest BCUT2D eigenvalue weighted by atomic mass is 10.2. The second-order valence-electron chi connectivity index (χ2n) is 3.81. The standard InChI is InChI=1S/C13H10Br2FNOS/c14-9-2-1-3-10(16)12(9)13(18)17-7-6-8-4-5-11(15)19-8/h1-5H,6-7H2,(H,17,18). The number of thiophene rings is 1. The highest BCUT2D eigenvalue weighted by Crippen LogP contribution is 2.22. The van der Waals surface area contributed by atoms with Gasteiger partial charge in [-0.3, -0.25) is 4.79 Å². The molecule has 1 aromatic carbocycles. The Morgan fingerprint density at radius 1 is 1.26 bits per heavy atom. The first-order valence-corrected chi connectivity index (χ1v) is 7.94. The van der Waals surface area contributed by atoms with Gasteiger partial charge in [0.2, 0.25) is 0 Å². The summed E-state index contributed by atoms with van der Waals surface area (Å²) in [4.78, 5) is 13.1. The molecule has 100 valence electrons. The Kier molecular flexibility index (Phi) is 5.13. The zero-order chi connectivity index (χ0) is 13.8. The van der Waals surface area contributed by atoms with E-state index in [0.29, 0.717) is 11.0 Å². The summed E-state index contributed by atoms with van der Waals surface area (Å²) in [5, 5.41) is 2.72. The lowest BCUT2D eigenvalue weighted by molar-refractivity contribution is 0.0949. The molecule has 0 bridgehead atoms. The van der Waals surface area contributed by atoms with E-state index in [1.165, 1.54) is 10.9 Å². The highest BCUT2D eigenvalue weighted by molar-refractivity contribution is 9.11. The van der Waals surface area contributed by atoms with E-state index in [0.717, 1.165) is 10.2 Å². The topological polar surface area (TPSA) is 29.1 Å². The summed E-state index contributed by atoms with van der Waals surface area (Å²) in [6, 6.07) is 8.44. The van der Waals surface area contributed by atoms with Crippen LogP contribution in [0.3, 0.4) is 0 Å². The van der Waals surface area contributed by atoms with E-state index < -0.39 is 11.7 Å². The maximum absolute atomic E-state index is 13.6. The van der Waals surface area contributed by atoms with Crippen LogP contribution in [0.15, 0.2) is 38.6 Å². The molecule has 0 fully saturated rings. The van der Waals surface area contributed by atoms with Crippen LogP contribution in [-0.2, 0) is 6.42 Å². The van der Waals surface area contributed by atoms with Crippen molar-refractivity contribution in [3.8, 4) is 0 Å². The molecular formula is C13H10Br2FNOS. The number of carbonyl (C=O) groups is 1. The SMILES string of the molecule is O=C(NCCc1ccc(Br)s1)c1c(F)cccc1Br. The van der Waals surface area contributed by atoms with Gasteiger partial charge in [-0.2, -0.15) is 0 Å². The Hall–Kier alpha value is -0.720. The quantitative estimate of drug-likeness (QED) is 0.801. The average molecular weight is 407 g/mol. The molecule has 19 heavy (non-hydrogen) atoms. The lowest BCUT2D eigenvalue weighted by Crippen LogP contribution is -2.26. The molecule has 2 rings (SSSR count). The molecule has 1 N–H and O–H groups in total. The average Bonchev–Trinajstić information content (AvgIpc) is 2.75. The largest absolute Gasteiger partial charge is 0.352 e. The minimum Gasteiger partial charge on any atom is -0.352 e. The fraction of sp³-hybridized carbons (Fsp3) is 0.154. The summed E-state index contributed by atoms with van der Waals surface area (Å²) in [5.74, 6) is -0.925. The number of rotatable bonds is 4. The van der Waals surface area contributed by atoms with Crippen LogP contribution in [0.4, 0.5) is 4.39 Å². The van der Waals surface area contributed by atoms with Crippen LogP contribution >= 0.6 is 43.2 Å². The zero-order valence-corrected chi connectivity index (χ0v) is 13.7. The van der Waals surface area contributed by atoms with E-state index in [2.05, 4.69) is 37.2 Å². The number of halogens is 3. The fourth-order valence-corrected chi connectivity index (χ4v) is 3.59. The normalized spacial score (nSPS) is 10.5. The van der Waals surface area contributed by atoms with Crippen LogP contribution in [0.5, 0.6) is 0 Å². The maximum atomic E-state index is 13.6. The van der Waals surface area contributed by atoms with Gasteiger partial charge in [0, 0.05) is 15.9 Å². The molecule has 2 aromatic rings. The molecule has 0 saturated carbocycles. The Morgan fingerprint density at radius 2 is 2.05 bits per heavy atom. The summed E-state index contributed by atoms with van der Waals surface area (Å²) >= 11 is 8.19. The summed E-state index contributed by atoms with van der Waals surface area (Å²) in [5.41, 5.74) is 0.0508. The van der Waals surface area contributed by atoms with Gasteiger partial charge in [0.1, 0.15) is 5.82 Å². The van der Waals surface area contributed by atoms with Crippen LogP contribution < -0.4 is 5.32 Å². The van der Waals surface area contributed by atoms with Crippen LogP contribution in [0, 0.1) is 5.82 Å². The van der Waals surface area contributed by atoms with Crippen molar-refractivity contribution in [3.05, 3.63) is 54.8 Å². The number of nitrogens with one attached hydrogen (secondary N) is 1. The van der Waals surface area contributed by atoms with Crippen molar-refractivity contribution < 1.29 is 9.18 Å². The van der Waals surface area contributed by atoms with Crippen LogP contribution in [-0.4, -0.2) is 12.5 Å². The Balaban J connectivity index is 1.94. The number of hydrogen-bond donors (Lipinski definition) is 1. The highest BCUT2D eigenvalue weighted by Gasteiger charge is 2.14. The van der Waals surface area contributed by atoms with Crippen molar-refractivity contribution in [2.24, 2.45) is 0 Å². The van der Waals surface area contributed by atoms with E-state index in [1.54, 1.807) is 23.5 Å². The van der Waals surface area contributed by atoms with Crippen molar-refractivity contribution in [1.82, 2.24) is 5.32 Å². The third-order valence-corrected chi connectivity index (χ3v) is 4.82. The molecule has 0 spiro atoms. The first-order valence-electron chi connectivity index (χ1n) is 5.54. The first-order chi connectivity index (χ1) is 9.08. The van der Waals surface area contributed by atoms with Crippen molar-refractivity contribution in [3.63, 3.8) is 0 Å². The molecule has 0 aliphatic carbocycles. The summed E-state index contributed by atoms with van der Waals surface area (Å²) in [7, 11) is 0. The van der Waals surface area contributed by atoms with Crippen molar-refractivity contribution in [1.29, 1.82) is 0 Å². The van der Waals surface area contributed by atoms with Crippen molar-refractivity contribution >= 4 is 49.1 Å². The van der Waals surface area contributed by atoms with E-state index >= 15 is 0 Å². The Labute approximate surface area is 131 Å². The second kappa shape index (κ2) is 6.63. The second-order valence-corrected chi connectivity index (χ2v) is 7.21. The summed E-state index contributed by atoms with van der Waals surface area (Å²) < 4.78 is 15.1. The Bertz CT molecular complexity index is 580. The minimum atomic E-state index is -0.522. The third-order valence-electron chi connectivity index (χ3n) is 2.48.